The Bertz CT molecular complexity index is 590. The molecule has 0 saturated heterocycles. The molecule has 0 aliphatic carbocycles. The number of ether oxygens (including phenoxy) is 1. The van der Waals surface area contributed by atoms with E-state index in [2.05, 4.69) is 18.1 Å². The maximum atomic E-state index is 6.30. The van der Waals surface area contributed by atoms with Gasteiger partial charge in [-0.25, -0.2) is 0 Å². The number of halogens is 1. The fourth-order valence-electron chi connectivity index (χ4n) is 2.08. The number of aromatic nitrogens is 2. The Hall–Kier alpha value is -1.48. The number of hydrogen-bond donors (Lipinski definition) is 0. The first-order valence-electron chi connectivity index (χ1n) is 6.43. The van der Waals surface area contributed by atoms with Crippen LogP contribution in [0.4, 0.5) is 0 Å². The third-order valence-corrected chi connectivity index (χ3v) is 3.63. The smallest absolute Gasteiger partial charge is 0.131 e. The van der Waals surface area contributed by atoms with Gasteiger partial charge in [0, 0.05) is 7.05 Å². The van der Waals surface area contributed by atoms with Crippen molar-refractivity contribution < 1.29 is 4.74 Å². The van der Waals surface area contributed by atoms with Gasteiger partial charge in [-0.2, -0.15) is 5.10 Å². The highest BCUT2D eigenvalue weighted by Gasteiger charge is 2.13. The highest BCUT2D eigenvalue weighted by Crippen LogP contribution is 2.24. The van der Waals surface area contributed by atoms with Gasteiger partial charge in [-0.05, 0) is 31.9 Å². The van der Waals surface area contributed by atoms with Crippen LogP contribution in [0, 0.1) is 13.8 Å². The van der Waals surface area contributed by atoms with Gasteiger partial charge in [0.05, 0.1) is 16.4 Å². The molecule has 19 heavy (non-hydrogen) atoms. The molecule has 0 aliphatic heterocycles. The standard InChI is InChI=1S/C15H19ClN2O/c1-5-12-15(16)13(18(4)17-12)9-19-14-7-6-10(2)8-11(14)3/h6-8H,5,9H2,1-4H3. The molecule has 2 aromatic rings. The second-order valence-corrected chi connectivity index (χ2v) is 5.12. The normalized spacial score (nSPS) is 10.8. The van der Waals surface area contributed by atoms with Crippen LogP contribution >= 0.6 is 11.6 Å². The summed E-state index contributed by atoms with van der Waals surface area (Å²) in [5.74, 6) is 0.890. The average Bonchev–Trinajstić information content (AvgIpc) is 2.64. The molecule has 0 atom stereocenters. The highest BCUT2D eigenvalue weighted by atomic mass is 35.5. The largest absolute Gasteiger partial charge is 0.487 e. The van der Waals surface area contributed by atoms with Crippen molar-refractivity contribution in [1.29, 1.82) is 0 Å². The molecule has 4 heteroatoms. The molecule has 0 amide bonds. The van der Waals surface area contributed by atoms with E-state index in [-0.39, 0.29) is 0 Å². The van der Waals surface area contributed by atoms with Crippen LogP contribution in [0.1, 0.15) is 29.4 Å². The molecule has 0 saturated carbocycles. The molecule has 0 aliphatic rings. The van der Waals surface area contributed by atoms with Crippen molar-refractivity contribution >= 4 is 11.6 Å². The van der Waals surface area contributed by atoms with Crippen molar-refractivity contribution in [1.82, 2.24) is 9.78 Å². The number of hydrogen-bond acceptors (Lipinski definition) is 2. The maximum Gasteiger partial charge on any atom is 0.131 e. The number of nitrogens with zero attached hydrogens (tertiary/aromatic N) is 2. The van der Waals surface area contributed by atoms with Crippen LogP contribution in [0.25, 0.3) is 0 Å². The quantitative estimate of drug-likeness (QED) is 0.850. The van der Waals surface area contributed by atoms with Gasteiger partial charge in [-0.15, -0.1) is 0 Å². The highest BCUT2D eigenvalue weighted by molar-refractivity contribution is 6.31. The first-order valence-corrected chi connectivity index (χ1v) is 6.81. The number of aryl methyl sites for hydroxylation is 4. The molecular weight excluding hydrogens is 260 g/mol. The lowest BCUT2D eigenvalue weighted by atomic mass is 10.1. The summed E-state index contributed by atoms with van der Waals surface area (Å²) in [4.78, 5) is 0. The molecule has 0 unspecified atom stereocenters. The van der Waals surface area contributed by atoms with Crippen molar-refractivity contribution in [2.45, 2.75) is 33.8 Å². The molecule has 1 heterocycles. The van der Waals surface area contributed by atoms with Crippen LogP contribution in [-0.4, -0.2) is 9.78 Å². The molecular formula is C15H19ClN2O. The van der Waals surface area contributed by atoms with Crippen molar-refractivity contribution in [2.24, 2.45) is 7.05 Å². The Kier molecular flexibility index (Phi) is 4.15. The Labute approximate surface area is 119 Å². The monoisotopic (exact) mass is 278 g/mol. The molecule has 0 radical (unpaired) electrons. The third kappa shape index (κ3) is 2.92. The van der Waals surface area contributed by atoms with Gasteiger partial charge in [0.15, 0.2) is 0 Å². The third-order valence-electron chi connectivity index (χ3n) is 3.20. The first kappa shape index (κ1) is 13.9. The lowest BCUT2D eigenvalue weighted by molar-refractivity contribution is 0.293. The number of rotatable bonds is 4. The summed E-state index contributed by atoms with van der Waals surface area (Å²) in [6.07, 6.45) is 0.830. The van der Waals surface area contributed by atoms with Crippen molar-refractivity contribution in [2.75, 3.05) is 0 Å². The summed E-state index contributed by atoms with van der Waals surface area (Å²) in [6.45, 7) is 6.60. The van der Waals surface area contributed by atoms with Crippen LogP contribution in [0.15, 0.2) is 18.2 Å². The lowest BCUT2D eigenvalue weighted by Gasteiger charge is -2.10. The van der Waals surface area contributed by atoms with Crippen molar-refractivity contribution in [3.05, 3.63) is 45.7 Å². The Morgan fingerprint density at radius 1 is 1.32 bits per heavy atom. The van der Waals surface area contributed by atoms with Gasteiger partial charge in [-0.1, -0.05) is 36.2 Å². The summed E-state index contributed by atoms with van der Waals surface area (Å²) in [7, 11) is 1.89. The van der Waals surface area contributed by atoms with E-state index in [9.17, 15) is 0 Å². The van der Waals surface area contributed by atoms with E-state index >= 15 is 0 Å². The molecule has 0 spiro atoms. The van der Waals surface area contributed by atoms with E-state index in [1.165, 1.54) is 5.56 Å². The van der Waals surface area contributed by atoms with Crippen LogP contribution in [0.2, 0.25) is 5.02 Å². The maximum absolute atomic E-state index is 6.30. The predicted octanol–water partition coefficient (Wildman–Crippen LogP) is 3.83. The van der Waals surface area contributed by atoms with Crippen LogP contribution in [-0.2, 0) is 20.1 Å². The molecule has 102 valence electrons. The van der Waals surface area contributed by atoms with E-state index in [0.717, 1.165) is 34.1 Å². The minimum atomic E-state index is 0.437. The molecule has 1 aromatic heterocycles. The van der Waals surface area contributed by atoms with Gasteiger partial charge in [-0.3, -0.25) is 4.68 Å². The summed E-state index contributed by atoms with van der Waals surface area (Å²) in [5.41, 5.74) is 4.20. The zero-order valence-corrected chi connectivity index (χ0v) is 12.6. The molecule has 0 bridgehead atoms. The summed E-state index contributed by atoms with van der Waals surface area (Å²) < 4.78 is 7.65. The lowest BCUT2D eigenvalue weighted by Crippen LogP contribution is -2.04. The fraction of sp³-hybridized carbons (Fsp3) is 0.400. The molecule has 3 nitrogen and oxygen atoms in total. The topological polar surface area (TPSA) is 27.1 Å². The van der Waals surface area contributed by atoms with Gasteiger partial charge < -0.3 is 4.74 Å². The molecule has 0 N–H and O–H groups in total. The van der Waals surface area contributed by atoms with E-state index in [1.54, 1.807) is 4.68 Å². The minimum absolute atomic E-state index is 0.437. The Morgan fingerprint density at radius 3 is 2.63 bits per heavy atom. The van der Waals surface area contributed by atoms with E-state index < -0.39 is 0 Å². The predicted molar refractivity (Wildman–Crippen MR) is 77.8 cm³/mol. The van der Waals surface area contributed by atoms with Gasteiger partial charge >= 0.3 is 0 Å². The zero-order chi connectivity index (χ0) is 14.0. The van der Waals surface area contributed by atoms with Crippen LogP contribution in [0.5, 0.6) is 5.75 Å². The molecule has 2 rings (SSSR count). The second-order valence-electron chi connectivity index (χ2n) is 4.74. The second kappa shape index (κ2) is 5.66. The van der Waals surface area contributed by atoms with Crippen LogP contribution in [0.3, 0.4) is 0 Å². The van der Waals surface area contributed by atoms with E-state index in [1.807, 2.05) is 33.0 Å². The zero-order valence-electron chi connectivity index (χ0n) is 11.8. The van der Waals surface area contributed by atoms with E-state index in [0.29, 0.717) is 6.61 Å². The van der Waals surface area contributed by atoms with Gasteiger partial charge in [0.2, 0.25) is 0 Å². The van der Waals surface area contributed by atoms with Crippen molar-refractivity contribution in [3.8, 4) is 5.75 Å². The van der Waals surface area contributed by atoms with Gasteiger partial charge in [0.1, 0.15) is 12.4 Å². The average molecular weight is 279 g/mol. The SMILES string of the molecule is CCc1nn(C)c(COc2ccc(C)cc2C)c1Cl. The summed E-state index contributed by atoms with van der Waals surface area (Å²) >= 11 is 6.30. The number of benzene rings is 1. The fourth-order valence-corrected chi connectivity index (χ4v) is 2.43. The Balaban J connectivity index is 2.16. The van der Waals surface area contributed by atoms with Crippen molar-refractivity contribution in [3.63, 3.8) is 0 Å². The Morgan fingerprint density at radius 2 is 2.05 bits per heavy atom. The van der Waals surface area contributed by atoms with Gasteiger partial charge in [0.25, 0.3) is 0 Å². The van der Waals surface area contributed by atoms with Crippen LogP contribution < -0.4 is 4.74 Å². The summed E-state index contributed by atoms with van der Waals surface area (Å²) in [5, 5.41) is 5.10. The van der Waals surface area contributed by atoms with E-state index in [4.69, 9.17) is 16.3 Å². The first-order chi connectivity index (χ1) is 9.02. The molecule has 0 fully saturated rings. The minimum Gasteiger partial charge on any atom is -0.487 e. The molecule has 1 aromatic carbocycles. The summed E-state index contributed by atoms with van der Waals surface area (Å²) in [6, 6.07) is 6.15.